The topological polar surface area (TPSA) is 41.5 Å². The minimum absolute atomic E-state index is 0.138. The molecule has 0 fully saturated rings. The van der Waals surface area contributed by atoms with Gasteiger partial charge in [0.25, 0.3) is 0 Å². The number of rotatable bonds is 4. The van der Waals surface area contributed by atoms with Gasteiger partial charge >= 0.3 is 0 Å². The summed E-state index contributed by atoms with van der Waals surface area (Å²) in [6.45, 7) is 3.56. The summed E-state index contributed by atoms with van der Waals surface area (Å²) in [5.41, 5.74) is 0. The molecule has 0 amide bonds. The molecule has 0 aromatic rings. The molecular weight excluding hydrogens is 154 g/mol. The van der Waals surface area contributed by atoms with Crippen molar-refractivity contribution in [3.63, 3.8) is 0 Å². The fourth-order valence-corrected chi connectivity index (χ4v) is 0.460. The Labute approximate surface area is 73.1 Å². The van der Waals surface area contributed by atoms with E-state index in [1.807, 2.05) is 6.92 Å². The molecule has 0 bridgehead atoms. The lowest BCUT2D eigenvalue weighted by Gasteiger charge is -1.97. The third-order valence-electron chi connectivity index (χ3n) is 0.940. The minimum atomic E-state index is -0.138. The second-order valence-corrected chi connectivity index (χ2v) is 1.83. The molecule has 0 saturated carbocycles. The van der Waals surface area contributed by atoms with E-state index in [0.717, 1.165) is 0 Å². The van der Waals surface area contributed by atoms with Crippen molar-refractivity contribution in [3.05, 3.63) is 0 Å². The molecule has 3 heteroatoms. The second-order valence-electron chi connectivity index (χ2n) is 1.83. The van der Waals surface area contributed by atoms with Gasteiger partial charge in [-0.25, -0.2) is 0 Å². The number of hydrogen-bond donors (Lipinski definition) is 2. The van der Waals surface area contributed by atoms with E-state index >= 15 is 0 Å². The average molecular weight is 167 g/mol. The Morgan fingerprint density at radius 1 is 1.33 bits per heavy atom. The van der Waals surface area contributed by atoms with Crippen molar-refractivity contribution in [1.29, 1.82) is 0 Å². The molecule has 2 N–H and O–H groups in total. The van der Waals surface area contributed by atoms with Crippen molar-refractivity contribution in [2.75, 3.05) is 26.5 Å². The summed E-state index contributed by atoms with van der Waals surface area (Å²) in [6.07, 6.45) is 0. The molecule has 0 aliphatic rings. The molecule has 0 aromatic heterocycles. The lowest BCUT2D eigenvalue weighted by Crippen LogP contribution is -2.17. The Bertz CT molecular complexity index is 204. The highest BCUT2D eigenvalue weighted by Crippen LogP contribution is 1.65. The predicted molar refractivity (Wildman–Crippen MR) is 47.1 cm³/mol. The number of hydrogen-bond acceptors (Lipinski definition) is 3. The van der Waals surface area contributed by atoms with Crippen LogP contribution in [0.1, 0.15) is 6.92 Å². The standard InChI is InChI=1S/C9H13NO2/c1-2-12-9-10-7-5-3-4-6-8-11/h10-11H,2,7-9H2,1H3. The van der Waals surface area contributed by atoms with Crippen LogP contribution in [0.4, 0.5) is 0 Å². The van der Waals surface area contributed by atoms with Crippen molar-refractivity contribution in [3.8, 4) is 23.7 Å². The molecule has 0 aliphatic heterocycles. The van der Waals surface area contributed by atoms with Gasteiger partial charge in [0.15, 0.2) is 0 Å². The highest BCUT2D eigenvalue weighted by atomic mass is 16.5. The molecule has 0 aliphatic carbocycles. The number of ether oxygens (including phenoxy) is 1. The van der Waals surface area contributed by atoms with E-state index in [9.17, 15) is 0 Å². The Kier molecular flexibility index (Phi) is 9.17. The van der Waals surface area contributed by atoms with Crippen LogP contribution in [0.25, 0.3) is 0 Å². The van der Waals surface area contributed by atoms with E-state index in [1.54, 1.807) is 0 Å². The van der Waals surface area contributed by atoms with Crippen LogP contribution in [0.5, 0.6) is 0 Å². The summed E-state index contributed by atoms with van der Waals surface area (Å²) < 4.78 is 5.01. The zero-order valence-electron chi connectivity index (χ0n) is 7.18. The van der Waals surface area contributed by atoms with Gasteiger partial charge in [-0.05, 0) is 18.8 Å². The maximum absolute atomic E-state index is 8.26. The van der Waals surface area contributed by atoms with Crippen LogP contribution in [-0.2, 0) is 4.74 Å². The maximum Gasteiger partial charge on any atom is 0.105 e. The molecule has 0 saturated heterocycles. The van der Waals surface area contributed by atoms with E-state index in [2.05, 4.69) is 29.0 Å². The van der Waals surface area contributed by atoms with Crippen LogP contribution in [0, 0.1) is 23.7 Å². The van der Waals surface area contributed by atoms with Crippen LogP contribution in [0.2, 0.25) is 0 Å². The summed E-state index contributed by atoms with van der Waals surface area (Å²) in [5, 5.41) is 11.2. The van der Waals surface area contributed by atoms with Crippen LogP contribution in [0.15, 0.2) is 0 Å². The Hall–Kier alpha value is -1.00. The zero-order chi connectivity index (χ0) is 9.07. The van der Waals surface area contributed by atoms with Crippen molar-refractivity contribution < 1.29 is 9.84 Å². The molecule has 0 aromatic carbocycles. The maximum atomic E-state index is 8.26. The second kappa shape index (κ2) is 10.0. The number of nitrogens with one attached hydrogen (secondary N) is 1. The lowest BCUT2D eigenvalue weighted by molar-refractivity contribution is 0.132. The summed E-state index contributed by atoms with van der Waals surface area (Å²) >= 11 is 0. The van der Waals surface area contributed by atoms with Crippen LogP contribution >= 0.6 is 0 Å². The molecule has 12 heavy (non-hydrogen) atoms. The minimum Gasteiger partial charge on any atom is -0.384 e. The van der Waals surface area contributed by atoms with Gasteiger partial charge in [-0.15, -0.1) is 0 Å². The largest absolute Gasteiger partial charge is 0.384 e. The quantitative estimate of drug-likeness (QED) is 0.339. The molecule has 0 atom stereocenters. The summed E-state index contributed by atoms with van der Waals surface area (Å²) in [4.78, 5) is 0. The van der Waals surface area contributed by atoms with E-state index < -0.39 is 0 Å². The van der Waals surface area contributed by atoms with Crippen molar-refractivity contribution >= 4 is 0 Å². The van der Waals surface area contributed by atoms with Crippen LogP contribution in [0.3, 0.4) is 0 Å². The summed E-state index contributed by atoms with van der Waals surface area (Å²) in [5.74, 6) is 10.2. The fraction of sp³-hybridized carbons (Fsp3) is 0.556. The third-order valence-corrected chi connectivity index (χ3v) is 0.940. The van der Waals surface area contributed by atoms with Gasteiger partial charge in [-0.2, -0.15) is 0 Å². The van der Waals surface area contributed by atoms with Crippen molar-refractivity contribution in [1.82, 2.24) is 5.32 Å². The monoisotopic (exact) mass is 167 g/mol. The first-order valence-electron chi connectivity index (χ1n) is 3.76. The summed E-state index contributed by atoms with van der Waals surface area (Å²) in [7, 11) is 0. The first-order chi connectivity index (χ1) is 5.91. The molecule has 0 radical (unpaired) electrons. The van der Waals surface area contributed by atoms with Crippen LogP contribution in [-0.4, -0.2) is 31.6 Å². The van der Waals surface area contributed by atoms with Gasteiger partial charge in [-0.3, -0.25) is 5.32 Å². The van der Waals surface area contributed by atoms with Gasteiger partial charge in [0, 0.05) is 6.61 Å². The van der Waals surface area contributed by atoms with Gasteiger partial charge < -0.3 is 9.84 Å². The first kappa shape index (κ1) is 11.0. The third kappa shape index (κ3) is 9.00. The van der Waals surface area contributed by atoms with Gasteiger partial charge in [0.05, 0.1) is 13.3 Å². The Balaban J connectivity index is 3.21. The molecular formula is C9H13NO2. The molecule has 0 heterocycles. The van der Waals surface area contributed by atoms with E-state index in [1.165, 1.54) is 0 Å². The zero-order valence-corrected chi connectivity index (χ0v) is 7.18. The molecule has 0 rings (SSSR count). The molecule has 3 nitrogen and oxygen atoms in total. The first-order valence-corrected chi connectivity index (χ1v) is 3.76. The molecule has 66 valence electrons. The number of aliphatic hydroxyl groups excluding tert-OH is 1. The Morgan fingerprint density at radius 3 is 2.75 bits per heavy atom. The molecule has 0 unspecified atom stereocenters. The van der Waals surface area contributed by atoms with Crippen molar-refractivity contribution in [2.24, 2.45) is 0 Å². The lowest BCUT2D eigenvalue weighted by atomic mass is 10.5. The highest BCUT2D eigenvalue weighted by Gasteiger charge is 1.78. The van der Waals surface area contributed by atoms with Crippen LogP contribution < -0.4 is 5.32 Å². The number of aliphatic hydroxyl groups is 1. The SMILES string of the molecule is CCOCNCC#CC#CCO. The normalized spacial score (nSPS) is 7.83. The average Bonchev–Trinajstić information content (AvgIpc) is 2.10. The van der Waals surface area contributed by atoms with E-state index in [-0.39, 0.29) is 6.61 Å². The Morgan fingerprint density at radius 2 is 2.08 bits per heavy atom. The van der Waals surface area contributed by atoms with Crippen molar-refractivity contribution in [2.45, 2.75) is 6.92 Å². The summed E-state index contributed by atoms with van der Waals surface area (Å²) in [6, 6.07) is 0. The van der Waals surface area contributed by atoms with Gasteiger partial charge in [0.2, 0.25) is 0 Å². The van der Waals surface area contributed by atoms with Gasteiger partial charge in [-0.1, -0.05) is 11.8 Å². The highest BCUT2D eigenvalue weighted by molar-refractivity contribution is 5.26. The van der Waals surface area contributed by atoms with E-state index in [0.29, 0.717) is 19.9 Å². The fourth-order valence-electron chi connectivity index (χ4n) is 0.460. The van der Waals surface area contributed by atoms with E-state index in [4.69, 9.17) is 9.84 Å². The predicted octanol–water partition coefficient (Wildman–Crippen LogP) is -0.431. The smallest absolute Gasteiger partial charge is 0.105 e. The molecule has 0 spiro atoms. The van der Waals surface area contributed by atoms with Gasteiger partial charge in [0.1, 0.15) is 6.61 Å².